The number of H-pyrrole nitrogens is 1. The highest BCUT2D eigenvalue weighted by Gasteiger charge is 2.24. The molecule has 122 valence electrons. The van der Waals surface area contributed by atoms with Gasteiger partial charge in [-0.05, 0) is 43.4 Å². The number of rotatable bonds is 4. The summed E-state index contributed by atoms with van der Waals surface area (Å²) >= 11 is 0. The summed E-state index contributed by atoms with van der Waals surface area (Å²) in [6.07, 6.45) is 2.95. The first-order valence-electron chi connectivity index (χ1n) is 7.73. The van der Waals surface area contributed by atoms with Crippen LogP contribution in [-0.4, -0.2) is 34.8 Å². The number of nitrogens with zero attached hydrogens (tertiary/aromatic N) is 1. The predicted molar refractivity (Wildman–Crippen MR) is 83.9 cm³/mol. The summed E-state index contributed by atoms with van der Waals surface area (Å²) < 4.78 is 4.93. The third-order valence-electron chi connectivity index (χ3n) is 4.37. The summed E-state index contributed by atoms with van der Waals surface area (Å²) in [6.45, 7) is 1.34. The fraction of sp³-hybridized carbons (Fsp3) is 0.438. The molecule has 1 fully saturated rings. The fourth-order valence-corrected chi connectivity index (χ4v) is 3.04. The van der Waals surface area contributed by atoms with Crippen LogP contribution < -0.4 is 11.5 Å². The third kappa shape index (κ3) is 3.44. The van der Waals surface area contributed by atoms with Crippen LogP contribution in [0.15, 0.2) is 27.4 Å². The highest BCUT2D eigenvalue weighted by molar-refractivity contribution is 5.97. The predicted octanol–water partition coefficient (Wildman–Crippen LogP) is 1.24. The molecule has 0 spiro atoms. The van der Waals surface area contributed by atoms with Crippen LogP contribution in [0.5, 0.6) is 0 Å². The number of hydrogen-bond acceptors (Lipinski definition) is 4. The number of carbonyl (C=O) groups is 2. The molecule has 0 saturated carbocycles. The normalized spacial score (nSPS) is 15.9. The molecular weight excluding hydrogens is 298 g/mol. The average molecular weight is 317 g/mol. The van der Waals surface area contributed by atoms with Crippen molar-refractivity contribution in [2.24, 2.45) is 11.7 Å². The monoisotopic (exact) mass is 317 g/mol. The Bertz CT molecular complexity index is 784. The summed E-state index contributed by atoms with van der Waals surface area (Å²) in [5.74, 6) is -0.410. The maximum atomic E-state index is 12.6. The quantitative estimate of drug-likeness (QED) is 0.884. The van der Waals surface area contributed by atoms with E-state index in [1.807, 2.05) is 0 Å². The lowest BCUT2D eigenvalue weighted by Gasteiger charge is -2.32. The van der Waals surface area contributed by atoms with Gasteiger partial charge in [-0.2, -0.15) is 0 Å². The zero-order valence-electron chi connectivity index (χ0n) is 12.7. The number of aromatic amines is 1. The van der Waals surface area contributed by atoms with E-state index in [0.29, 0.717) is 42.1 Å². The standard InChI is InChI=1S/C16H19N3O4/c17-14(20)4-1-10-5-7-19(8-6-10)15(21)11-2-3-13-12(9-11)18-16(22)23-13/h2-3,9-10H,1,4-8H2,(H2,17,20)(H,18,22). The number of carbonyl (C=O) groups excluding carboxylic acids is 2. The van der Waals surface area contributed by atoms with Gasteiger partial charge in [-0.15, -0.1) is 0 Å². The van der Waals surface area contributed by atoms with Gasteiger partial charge in [0, 0.05) is 25.1 Å². The van der Waals surface area contributed by atoms with E-state index >= 15 is 0 Å². The van der Waals surface area contributed by atoms with E-state index in [1.54, 1.807) is 23.1 Å². The smallest absolute Gasteiger partial charge is 0.408 e. The van der Waals surface area contributed by atoms with Gasteiger partial charge in [0.25, 0.3) is 5.91 Å². The zero-order chi connectivity index (χ0) is 16.4. The number of amides is 2. The van der Waals surface area contributed by atoms with Gasteiger partial charge in [-0.3, -0.25) is 14.6 Å². The molecule has 7 heteroatoms. The Hall–Kier alpha value is -2.57. The van der Waals surface area contributed by atoms with E-state index in [1.165, 1.54) is 0 Å². The molecular formula is C16H19N3O4. The first kappa shape index (κ1) is 15.3. The van der Waals surface area contributed by atoms with Crippen molar-refractivity contribution in [2.45, 2.75) is 25.7 Å². The number of benzene rings is 1. The molecule has 2 heterocycles. The lowest BCUT2D eigenvalue weighted by molar-refractivity contribution is -0.118. The average Bonchev–Trinajstić information content (AvgIpc) is 2.91. The SMILES string of the molecule is NC(=O)CCC1CCN(C(=O)c2ccc3oc(=O)[nH]c3c2)CC1. The van der Waals surface area contributed by atoms with E-state index in [0.717, 1.165) is 19.3 Å². The summed E-state index contributed by atoms with van der Waals surface area (Å²) in [7, 11) is 0. The van der Waals surface area contributed by atoms with Crippen LogP contribution in [0.2, 0.25) is 0 Å². The molecule has 0 unspecified atom stereocenters. The molecule has 1 aliphatic heterocycles. The molecule has 7 nitrogen and oxygen atoms in total. The van der Waals surface area contributed by atoms with Crippen LogP contribution in [0.25, 0.3) is 11.1 Å². The molecule has 0 aliphatic carbocycles. The van der Waals surface area contributed by atoms with E-state index in [4.69, 9.17) is 10.2 Å². The van der Waals surface area contributed by atoms with Gasteiger partial charge in [0.05, 0.1) is 5.52 Å². The van der Waals surface area contributed by atoms with Crippen LogP contribution in [-0.2, 0) is 4.79 Å². The number of nitrogens with two attached hydrogens (primary N) is 1. The highest BCUT2D eigenvalue weighted by Crippen LogP contribution is 2.23. The lowest BCUT2D eigenvalue weighted by Crippen LogP contribution is -2.38. The van der Waals surface area contributed by atoms with Crippen molar-refractivity contribution in [3.8, 4) is 0 Å². The van der Waals surface area contributed by atoms with Crippen molar-refractivity contribution in [3.63, 3.8) is 0 Å². The van der Waals surface area contributed by atoms with Gasteiger partial charge in [0.1, 0.15) is 0 Å². The molecule has 2 aromatic rings. The molecule has 3 N–H and O–H groups in total. The number of piperidine rings is 1. The second-order valence-electron chi connectivity index (χ2n) is 5.97. The molecule has 2 amide bonds. The Morgan fingerprint density at radius 1 is 1.30 bits per heavy atom. The zero-order valence-corrected chi connectivity index (χ0v) is 12.7. The minimum absolute atomic E-state index is 0.0534. The van der Waals surface area contributed by atoms with Gasteiger partial charge in [0.15, 0.2) is 5.58 Å². The van der Waals surface area contributed by atoms with Crippen LogP contribution in [0.3, 0.4) is 0 Å². The maximum absolute atomic E-state index is 12.6. The molecule has 0 radical (unpaired) electrons. The maximum Gasteiger partial charge on any atom is 0.417 e. The van der Waals surface area contributed by atoms with E-state index in [9.17, 15) is 14.4 Å². The molecule has 0 bridgehead atoms. The Kier molecular flexibility index (Phi) is 4.18. The molecule has 1 aromatic carbocycles. The minimum atomic E-state index is -0.528. The van der Waals surface area contributed by atoms with Crippen molar-refractivity contribution in [1.29, 1.82) is 0 Å². The van der Waals surface area contributed by atoms with Gasteiger partial charge in [-0.25, -0.2) is 4.79 Å². The summed E-state index contributed by atoms with van der Waals surface area (Å²) in [4.78, 5) is 38.9. The molecule has 3 rings (SSSR count). The number of primary amides is 1. The number of likely N-dealkylation sites (tertiary alicyclic amines) is 1. The van der Waals surface area contributed by atoms with Crippen LogP contribution >= 0.6 is 0 Å². The summed E-state index contributed by atoms with van der Waals surface area (Å²) in [5, 5.41) is 0. The summed E-state index contributed by atoms with van der Waals surface area (Å²) in [5.41, 5.74) is 6.67. The Morgan fingerprint density at radius 2 is 2.04 bits per heavy atom. The van der Waals surface area contributed by atoms with E-state index in [2.05, 4.69) is 4.98 Å². The van der Waals surface area contributed by atoms with Gasteiger partial charge >= 0.3 is 5.76 Å². The number of fused-ring (bicyclic) bond motifs is 1. The Labute approximate surface area is 132 Å². The van der Waals surface area contributed by atoms with Crippen molar-refractivity contribution in [3.05, 3.63) is 34.3 Å². The van der Waals surface area contributed by atoms with Gasteiger partial charge in [0.2, 0.25) is 5.91 Å². The second-order valence-corrected chi connectivity index (χ2v) is 5.97. The first-order valence-corrected chi connectivity index (χ1v) is 7.73. The second kappa shape index (κ2) is 6.28. The van der Waals surface area contributed by atoms with Crippen molar-refractivity contribution < 1.29 is 14.0 Å². The number of aromatic nitrogens is 1. The topological polar surface area (TPSA) is 109 Å². The van der Waals surface area contributed by atoms with Gasteiger partial charge in [-0.1, -0.05) is 0 Å². The Balaban J connectivity index is 1.64. The molecule has 1 aromatic heterocycles. The largest absolute Gasteiger partial charge is 0.417 e. The molecule has 23 heavy (non-hydrogen) atoms. The molecule has 0 atom stereocenters. The molecule has 1 aliphatic rings. The van der Waals surface area contributed by atoms with Crippen LogP contribution in [0.4, 0.5) is 0 Å². The van der Waals surface area contributed by atoms with Crippen LogP contribution in [0.1, 0.15) is 36.0 Å². The van der Waals surface area contributed by atoms with E-state index < -0.39 is 5.76 Å². The lowest BCUT2D eigenvalue weighted by atomic mass is 9.92. The van der Waals surface area contributed by atoms with Crippen molar-refractivity contribution in [1.82, 2.24) is 9.88 Å². The van der Waals surface area contributed by atoms with Crippen molar-refractivity contribution >= 4 is 22.9 Å². The number of hydrogen-bond donors (Lipinski definition) is 2. The third-order valence-corrected chi connectivity index (χ3v) is 4.37. The number of nitrogens with one attached hydrogen (secondary N) is 1. The fourth-order valence-electron chi connectivity index (χ4n) is 3.04. The van der Waals surface area contributed by atoms with E-state index in [-0.39, 0.29) is 11.8 Å². The van der Waals surface area contributed by atoms with Crippen molar-refractivity contribution in [2.75, 3.05) is 13.1 Å². The minimum Gasteiger partial charge on any atom is -0.408 e. The van der Waals surface area contributed by atoms with Gasteiger partial charge < -0.3 is 15.1 Å². The number of oxazole rings is 1. The molecule has 1 saturated heterocycles. The van der Waals surface area contributed by atoms with Crippen LogP contribution in [0, 0.1) is 5.92 Å². The summed E-state index contributed by atoms with van der Waals surface area (Å²) in [6, 6.07) is 4.93. The highest BCUT2D eigenvalue weighted by atomic mass is 16.4. The Morgan fingerprint density at radius 3 is 2.74 bits per heavy atom. The first-order chi connectivity index (χ1) is 11.0.